The van der Waals surface area contributed by atoms with Crippen molar-refractivity contribution < 1.29 is 4.74 Å². The lowest BCUT2D eigenvalue weighted by molar-refractivity contribution is -0.0480. The van der Waals surface area contributed by atoms with Gasteiger partial charge >= 0.3 is 0 Å². The van der Waals surface area contributed by atoms with Crippen LogP contribution in [0.15, 0.2) is 0 Å². The van der Waals surface area contributed by atoms with E-state index in [1.165, 1.54) is 51.7 Å². The molecule has 0 spiro atoms. The maximum absolute atomic E-state index is 5.99. The van der Waals surface area contributed by atoms with Crippen molar-refractivity contribution in [3.8, 4) is 0 Å². The summed E-state index contributed by atoms with van der Waals surface area (Å²) in [4.78, 5) is 2.70. The fourth-order valence-electron chi connectivity index (χ4n) is 4.81. The van der Waals surface area contributed by atoms with Crippen molar-refractivity contribution >= 4 is 0 Å². The third kappa shape index (κ3) is 3.62. The van der Waals surface area contributed by atoms with Gasteiger partial charge in [-0.2, -0.15) is 0 Å². The molecule has 3 aliphatic rings. The second-order valence-electron chi connectivity index (χ2n) is 8.71. The van der Waals surface area contributed by atoms with Crippen LogP contribution in [0.2, 0.25) is 0 Å². The van der Waals surface area contributed by atoms with Crippen LogP contribution in [0.5, 0.6) is 0 Å². The summed E-state index contributed by atoms with van der Waals surface area (Å²) in [5, 5.41) is 3.60. The largest absolute Gasteiger partial charge is 0.372 e. The van der Waals surface area contributed by atoms with Gasteiger partial charge in [0, 0.05) is 25.7 Å². The van der Waals surface area contributed by atoms with Crippen molar-refractivity contribution in [1.82, 2.24) is 10.2 Å². The molecule has 3 fully saturated rings. The standard InChI is InChI=1S/C18H34N2O/c1-18(2,3)14-5-8-17(19-4)13(9-14)10-20-11-15-6-7-16(12-20)21-15/h13-17,19H,5-12H2,1-4H3. The molecule has 0 aromatic rings. The molecule has 2 saturated heterocycles. The number of nitrogens with one attached hydrogen (secondary N) is 1. The molecule has 3 nitrogen and oxygen atoms in total. The highest BCUT2D eigenvalue weighted by Crippen LogP contribution is 2.41. The number of likely N-dealkylation sites (tertiary alicyclic amines) is 1. The van der Waals surface area contributed by atoms with E-state index in [1.54, 1.807) is 0 Å². The molecule has 3 heteroatoms. The Kier molecular flexibility index (Phi) is 4.63. The molecule has 2 heterocycles. The van der Waals surface area contributed by atoms with Crippen LogP contribution in [-0.2, 0) is 4.74 Å². The number of nitrogens with zero attached hydrogens (tertiary/aromatic N) is 1. The third-order valence-corrected chi connectivity index (χ3v) is 6.19. The van der Waals surface area contributed by atoms with E-state index < -0.39 is 0 Å². The van der Waals surface area contributed by atoms with Crippen molar-refractivity contribution in [1.29, 1.82) is 0 Å². The number of hydrogen-bond acceptors (Lipinski definition) is 3. The molecular weight excluding hydrogens is 260 g/mol. The summed E-state index contributed by atoms with van der Waals surface area (Å²) in [6.07, 6.45) is 7.75. The Balaban J connectivity index is 1.60. The van der Waals surface area contributed by atoms with Crippen LogP contribution in [0.25, 0.3) is 0 Å². The lowest BCUT2D eigenvalue weighted by Gasteiger charge is -2.44. The monoisotopic (exact) mass is 294 g/mol. The predicted molar refractivity (Wildman–Crippen MR) is 87.5 cm³/mol. The summed E-state index contributed by atoms with van der Waals surface area (Å²) >= 11 is 0. The van der Waals surface area contributed by atoms with Crippen LogP contribution in [0.3, 0.4) is 0 Å². The predicted octanol–water partition coefficient (Wildman–Crippen LogP) is 2.90. The van der Waals surface area contributed by atoms with Gasteiger partial charge in [0.15, 0.2) is 0 Å². The van der Waals surface area contributed by atoms with Crippen molar-refractivity contribution in [3.63, 3.8) is 0 Å². The molecule has 0 amide bonds. The summed E-state index contributed by atoms with van der Waals surface area (Å²) < 4.78 is 5.99. The van der Waals surface area contributed by atoms with Crippen LogP contribution in [0.4, 0.5) is 0 Å². The molecule has 5 unspecified atom stereocenters. The number of fused-ring (bicyclic) bond motifs is 2. The maximum atomic E-state index is 5.99. The zero-order valence-electron chi connectivity index (χ0n) is 14.4. The zero-order valence-corrected chi connectivity index (χ0v) is 14.4. The van der Waals surface area contributed by atoms with Crippen LogP contribution in [0, 0.1) is 17.3 Å². The molecule has 0 aromatic heterocycles. The molecule has 0 radical (unpaired) electrons. The smallest absolute Gasteiger partial charge is 0.0707 e. The van der Waals surface area contributed by atoms with Gasteiger partial charge in [-0.25, -0.2) is 0 Å². The Morgan fingerprint density at radius 2 is 1.71 bits per heavy atom. The second kappa shape index (κ2) is 6.17. The first-order chi connectivity index (χ1) is 9.95. The summed E-state index contributed by atoms with van der Waals surface area (Å²) in [7, 11) is 2.15. The Morgan fingerprint density at radius 1 is 1.05 bits per heavy atom. The molecule has 1 N–H and O–H groups in total. The summed E-state index contributed by atoms with van der Waals surface area (Å²) in [6.45, 7) is 10.9. The number of rotatable bonds is 3. The topological polar surface area (TPSA) is 24.5 Å². The lowest BCUT2D eigenvalue weighted by atomic mass is 9.67. The first-order valence-corrected chi connectivity index (χ1v) is 9.01. The van der Waals surface area contributed by atoms with E-state index >= 15 is 0 Å². The number of hydrogen-bond donors (Lipinski definition) is 1. The van der Waals surface area contributed by atoms with Crippen LogP contribution < -0.4 is 5.32 Å². The summed E-state index contributed by atoms with van der Waals surface area (Å²) in [5.41, 5.74) is 0.459. The van der Waals surface area contributed by atoms with Gasteiger partial charge in [-0.15, -0.1) is 0 Å². The van der Waals surface area contributed by atoms with Gasteiger partial charge < -0.3 is 10.1 Å². The van der Waals surface area contributed by atoms with Gasteiger partial charge in [0.1, 0.15) is 0 Å². The van der Waals surface area contributed by atoms with Gasteiger partial charge in [-0.1, -0.05) is 20.8 Å². The quantitative estimate of drug-likeness (QED) is 0.866. The zero-order chi connectivity index (χ0) is 15.0. The van der Waals surface area contributed by atoms with E-state index in [-0.39, 0.29) is 0 Å². The molecule has 2 aliphatic heterocycles. The third-order valence-electron chi connectivity index (χ3n) is 6.19. The van der Waals surface area contributed by atoms with Gasteiger partial charge in [-0.05, 0) is 56.4 Å². The van der Waals surface area contributed by atoms with E-state index in [2.05, 4.69) is 38.0 Å². The molecule has 1 saturated carbocycles. The van der Waals surface area contributed by atoms with E-state index in [9.17, 15) is 0 Å². The Labute approximate surface area is 130 Å². The highest BCUT2D eigenvalue weighted by Gasteiger charge is 2.39. The molecular formula is C18H34N2O. The fourth-order valence-corrected chi connectivity index (χ4v) is 4.81. The van der Waals surface area contributed by atoms with Gasteiger partial charge in [0.2, 0.25) is 0 Å². The Bertz CT molecular complexity index is 340. The highest BCUT2D eigenvalue weighted by molar-refractivity contribution is 4.92. The highest BCUT2D eigenvalue weighted by atomic mass is 16.5. The van der Waals surface area contributed by atoms with Crippen LogP contribution in [0.1, 0.15) is 52.9 Å². The normalized spacial score (nSPS) is 41.4. The molecule has 2 bridgehead atoms. The molecule has 122 valence electrons. The minimum atomic E-state index is 0.459. The Morgan fingerprint density at radius 3 is 2.29 bits per heavy atom. The first kappa shape index (κ1) is 15.8. The van der Waals surface area contributed by atoms with Crippen molar-refractivity contribution in [2.45, 2.75) is 71.1 Å². The minimum absolute atomic E-state index is 0.459. The second-order valence-corrected chi connectivity index (χ2v) is 8.71. The lowest BCUT2D eigenvalue weighted by Crippen LogP contribution is -2.50. The maximum Gasteiger partial charge on any atom is 0.0707 e. The number of morpholine rings is 1. The molecule has 21 heavy (non-hydrogen) atoms. The summed E-state index contributed by atoms with van der Waals surface area (Å²) in [6, 6.07) is 0.712. The fraction of sp³-hybridized carbons (Fsp3) is 1.00. The molecule has 5 atom stereocenters. The van der Waals surface area contributed by atoms with Gasteiger partial charge in [-0.3, -0.25) is 4.90 Å². The SMILES string of the molecule is CNC1CCC(C(C)(C)C)CC1CN1CC2CCC(C1)O2. The molecule has 0 aromatic carbocycles. The van der Waals surface area contributed by atoms with Gasteiger partial charge in [0.05, 0.1) is 12.2 Å². The van der Waals surface area contributed by atoms with E-state index in [1.807, 2.05) is 0 Å². The van der Waals surface area contributed by atoms with E-state index in [0.29, 0.717) is 23.7 Å². The van der Waals surface area contributed by atoms with Crippen molar-refractivity contribution in [3.05, 3.63) is 0 Å². The molecule has 1 aliphatic carbocycles. The minimum Gasteiger partial charge on any atom is -0.372 e. The van der Waals surface area contributed by atoms with Crippen LogP contribution >= 0.6 is 0 Å². The average Bonchev–Trinajstić information content (AvgIpc) is 2.77. The van der Waals surface area contributed by atoms with Crippen LogP contribution in [-0.4, -0.2) is 49.8 Å². The van der Waals surface area contributed by atoms with E-state index in [0.717, 1.165) is 11.8 Å². The van der Waals surface area contributed by atoms with E-state index in [4.69, 9.17) is 4.74 Å². The van der Waals surface area contributed by atoms with Crippen molar-refractivity contribution in [2.24, 2.45) is 17.3 Å². The number of ether oxygens (including phenoxy) is 1. The molecule has 3 rings (SSSR count). The van der Waals surface area contributed by atoms with Crippen molar-refractivity contribution in [2.75, 3.05) is 26.7 Å². The summed E-state index contributed by atoms with van der Waals surface area (Å²) in [5.74, 6) is 1.69. The average molecular weight is 294 g/mol. The first-order valence-electron chi connectivity index (χ1n) is 9.01. The Hall–Kier alpha value is -0.120. The van der Waals surface area contributed by atoms with Gasteiger partial charge in [0.25, 0.3) is 0 Å².